The van der Waals surface area contributed by atoms with Crippen molar-refractivity contribution in [3.63, 3.8) is 0 Å². The zero-order valence-electron chi connectivity index (χ0n) is 13.2. The van der Waals surface area contributed by atoms with Gasteiger partial charge in [0.15, 0.2) is 0 Å². The first kappa shape index (κ1) is 19.1. The molecule has 10 heteroatoms. The largest absolute Gasteiger partial charge is 0.268 e. The smallest absolute Gasteiger partial charge is 0.266 e. The summed E-state index contributed by atoms with van der Waals surface area (Å²) < 4.78 is 28.4. The number of nitrogens with one attached hydrogen (secondary N) is 1. The lowest BCUT2D eigenvalue weighted by atomic mass is 10.3. The van der Waals surface area contributed by atoms with E-state index in [-0.39, 0.29) is 33.6 Å². The lowest BCUT2D eigenvalue weighted by Gasteiger charge is -2.10. The molecule has 0 radical (unpaired) electrons. The second-order valence-corrected chi connectivity index (χ2v) is 8.76. The van der Waals surface area contributed by atoms with Gasteiger partial charge in [-0.1, -0.05) is 29.3 Å². The van der Waals surface area contributed by atoms with E-state index in [1.54, 1.807) is 6.07 Å². The number of halogens is 2. The summed E-state index contributed by atoms with van der Waals surface area (Å²) in [4.78, 5) is 12.8. The summed E-state index contributed by atoms with van der Waals surface area (Å²) in [6, 6.07) is 11.0. The zero-order chi connectivity index (χ0) is 18.7. The Bertz CT molecular complexity index is 1080. The Morgan fingerprint density at radius 2 is 1.96 bits per heavy atom. The molecule has 0 aliphatic rings. The first-order valence-electron chi connectivity index (χ1n) is 7.43. The van der Waals surface area contributed by atoms with Gasteiger partial charge < -0.3 is 0 Å². The van der Waals surface area contributed by atoms with Gasteiger partial charge >= 0.3 is 0 Å². The van der Waals surface area contributed by atoms with E-state index in [2.05, 4.69) is 9.82 Å². The van der Waals surface area contributed by atoms with Crippen molar-refractivity contribution < 1.29 is 8.42 Å². The molecule has 0 bridgehead atoms. The van der Waals surface area contributed by atoms with Crippen molar-refractivity contribution in [3.8, 4) is 10.6 Å². The molecule has 0 atom stereocenters. The van der Waals surface area contributed by atoms with Crippen LogP contribution >= 0.6 is 34.5 Å². The van der Waals surface area contributed by atoms with Gasteiger partial charge in [-0.05, 0) is 35.7 Å². The summed E-state index contributed by atoms with van der Waals surface area (Å²) in [6.07, 6.45) is 0. The predicted molar refractivity (Wildman–Crippen MR) is 103 cm³/mol. The molecular formula is C16H13Cl2N3O3S2. The van der Waals surface area contributed by atoms with Gasteiger partial charge in [0.05, 0.1) is 16.4 Å². The van der Waals surface area contributed by atoms with Gasteiger partial charge in [-0.2, -0.15) is 5.10 Å². The van der Waals surface area contributed by atoms with E-state index in [0.717, 1.165) is 4.88 Å². The van der Waals surface area contributed by atoms with Crippen LogP contribution < -0.4 is 10.3 Å². The fourth-order valence-electron chi connectivity index (χ4n) is 2.21. The fraction of sp³-hybridized carbons (Fsp3) is 0.125. The molecule has 2 aromatic heterocycles. The average Bonchev–Trinajstić information content (AvgIpc) is 3.13. The summed E-state index contributed by atoms with van der Waals surface area (Å²) in [5, 5.41) is 6.51. The Balaban J connectivity index is 1.74. The van der Waals surface area contributed by atoms with Crippen LogP contribution in [0.4, 0.5) is 0 Å². The normalized spacial score (nSPS) is 11.6. The summed E-state index contributed by atoms with van der Waals surface area (Å²) >= 11 is 13.3. The molecule has 0 aliphatic carbocycles. The number of nitrogens with zero attached hydrogens (tertiary/aromatic N) is 2. The molecule has 0 unspecified atom stereocenters. The van der Waals surface area contributed by atoms with Crippen LogP contribution in [0.1, 0.15) is 0 Å². The second-order valence-electron chi connectivity index (χ2n) is 5.23. The predicted octanol–water partition coefficient (Wildman–Crippen LogP) is 3.26. The highest BCUT2D eigenvalue weighted by Gasteiger charge is 2.18. The third-order valence-corrected chi connectivity index (χ3v) is 6.51. The number of benzene rings is 1. The summed E-state index contributed by atoms with van der Waals surface area (Å²) in [5.41, 5.74) is 0.339. The molecule has 3 aromatic rings. The highest BCUT2D eigenvalue weighted by atomic mass is 35.5. The average molecular weight is 430 g/mol. The van der Waals surface area contributed by atoms with Crippen LogP contribution in [-0.4, -0.2) is 24.7 Å². The lowest BCUT2D eigenvalue weighted by Crippen LogP contribution is -2.32. The molecule has 26 heavy (non-hydrogen) atoms. The Labute approximate surface area is 164 Å². The second kappa shape index (κ2) is 7.89. The maximum atomic E-state index is 12.4. The van der Waals surface area contributed by atoms with Crippen molar-refractivity contribution >= 4 is 44.6 Å². The molecule has 0 saturated heterocycles. The fourth-order valence-corrected chi connectivity index (χ4v) is 4.68. The number of rotatable bonds is 6. The SMILES string of the molecule is O=c1ccc(-c2cccs2)nn1CCNS(=O)(=O)c1cc(Cl)ccc1Cl. The molecule has 0 saturated carbocycles. The van der Waals surface area contributed by atoms with Gasteiger partial charge in [0, 0.05) is 17.6 Å². The van der Waals surface area contributed by atoms with Crippen molar-refractivity contribution in [3.05, 3.63) is 68.2 Å². The summed E-state index contributed by atoms with van der Waals surface area (Å²) in [5.74, 6) is 0. The maximum Gasteiger partial charge on any atom is 0.266 e. The summed E-state index contributed by atoms with van der Waals surface area (Å²) in [7, 11) is -3.86. The minimum atomic E-state index is -3.86. The molecule has 0 spiro atoms. The molecule has 6 nitrogen and oxygen atoms in total. The Morgan fingerprint density at radius 1 is 1.15 bits per heavy atom. The third kappa shape index (κ3) is 4.33. The Kier molecular flexibility index (Phi) is 5.79. The van der Waals surface area contributed by atoms with Gasteiger partial charge in [-0.15, -0.1) is 11.3 Å². The van der Waals surface area contributed by atoms with Crippen molar-refractivity contribution in [1.29, 1.82) is 0 Å². The van der Waals surface area contributed by atoms with E-state index >= 15 is 0 Å². The van der Waals surface area contributed by atoms with Crippen molar-refractivity contribution in [1.82, 2.24) is 14.5 Å². The summed E-state index contributed by atoms with van der Waals surface area (Å²) in [6.45, 7) is 0.0570. The number of aromatic nitrogens is 2. The van der Waals surface area contributed by atoms with Crippen molar-refractivity contribution in [2.45, 2.75) is 11.4 Å². The van der Waals surface area contributed by atoms with Crippen molar-refractivity contribution in [2.75, 3.05) is 6.54 Å². The van der Waals surface area contributed by atoms with Crippen LogP contribution in [0.25, 0.3) is 10.6 Å². The van der Waals surface area contributed by atoms with E-state index in [0.29, 0.717) is 5.69 Å². The van der Waals surface area contributed by atoms with Crippen molar-refractivity contribution in [2.24, 2.45) is 0 Å². The first-order chi connectivity index (χ1) is 12.4. The third-order valence-electron chi connectivity index (χ3n) is 3.44. The van der Waals surface area contributed by atoms with Crippen LogP contribution in [0, 0.1) is 0 Å². The molecule has 0 amide bonds. The lowest BCUT2D eigenvalue weighted by molar-refractivity contribution is 0.549. The number of sulfonamides is 1. The number of hydrogen-bond donors (Lipinski definition) is 1. The van der Waals surface area contributed by atoms with Gasteiger partial charge in [-0.25, -0.2) is 17.8 Å². The standard InChI is InChI=1S/C16H13Cl2N3O3S2/c17-11-3-4-12(18)15(10-11)26(23,24)19-7-8-21-16(22)6-5-13(20-21)14-2-1-9-25-14/h1-6,9-10,19H,7-8H2. The van der Waals surface area contributed by atoms with Gasteiger partial charge in [-0.3, -0.25) is 4.79 Å². The monoisotopic (exact) mass is 429 g/mol. The van der Waals surface area contributed by atoms with Gasteiger partial charge in [0.2, 0.25) is 10.0 Å². The first-order valence-corrected chi connectivity index (χ1v) is 10.6. The van der Waals surface area contributed by atoms with Crippen LogP contribution in [0.3, 0.4) is 0 Å². The van der Waals surface area contributed by atoms with E-state index < -0.39 is 10.0 Å². The molecule has 136 valence electrons. The molecule has 0 fully saturated rings. The maximum absolute atomic E-state index is 12.4. The molecule has 0 aliphatic heterocycles. The minimum absolute atomic E-state index is 0.0218. The Morgan fingerprint density at radius 3 is 2.69 bits per heavy atom. The highest BCUT2D eigenvalue weighted by Crippen LogP contribution is 2.24. The van der Waals surface area contributed by atoms with Crippen LogP contribution in [0.2, 0.25) is 10.0 Å². The molecule has 3 rings (SSSR count). The molecule has 2 heterocycles. The highest BCUT2D eigenvalue weighted by molar-refractivity contribution is 7.89. The topological polar surface area (TPSA) is 81.1 Å². The minimum Gasteiger partial charge on any atom is -0.268 e. The van der Waals surface area contributed by atoms with Crippen LogP contribution in [0.5, 0.6) is 0 Å². The molecular weight excluding hydrogens is 417 g/mol. The van der Waals surface area contributed by atoms with Crippen LogP contribution in [-0.2, 0) is 16.6 Å². The van der Waals surface area contributed by atoms with E-state index in [4.69, 9.17) is 23.2 Å². The van der Waals surface area contributed by atoms with Crippen LogP contribution in [0.15, 0.2) is 57.5 Å². The van der Waals surface area contributed by atoms with E-state index in [9.17, 15) is 13.2 Å². The van der Waals surface area contributed by atoms with E-state index in [1.165, 1.54) is 40.3 Å². The number of hydrogen-bond acceptors (Lipinski definition) is 5. The quantitative estimate of drug-likeness (QED) is 0.651. The van der Waals surface area contributed by atoms with E-state index in [1.807, 2.05) is 17.5 Å². The zero-order valence-corrected chi connectivity index (χ0v) is 16.4. The number of thiophene rings is 1. The van der Waals surface area contributed by atoms with Gasteiger partial charge in [0.25, 0.3) is 5.56 Å². The molecule has 1 N–H and O–H groups in total. The molecule has 1 aromatic carbocycles. The Hall–Kier alpha value is -1.71. The van der Waals surface area contributed by atoms with Gasteiger partial charge in [0.1, 0.15) is 10.6 Å².